The molecule has 1 saturated carbocycles. The van der Waals surface area contributed by atoms with Crippen LogP contribution in [0.25, 0.3) is 0 Å². The topological polar surface area (TPSA) is 0 Å². The van der Waals surface area contributed by atoms with Crippen LogP contribution in [0.1, 0.15) is 58.3 Å². The Morgan fingerprint density at radius 1 is 1.11 bits per heavy atom. The fourth-order valence-electron chi connectivity index (χ4n) is 5.06. The Morgan fingerprint density at radius 3 is 2.37 bits per heavy atom. The molecule has 0 radical (unpaired) electrons. The van der Waals surface area contributed by atoms with Crippen molar-refractivity contribution in [2.45, 2.75) is 76.9 Å². The van der Waals surface area contributed by atoms with Crippen LogP contribution in [0.2, 0.25) is 18.6 Å². The lowest BCUT2D eigenvalue weighted by molar-refractivity contribution is 0.210. The second-order valence-electron chi connectivity index (χ2n) is 7.52. The lowest BCUT2D eigenvalue weighted by atomic mass is 9.63. The summed E-state index contributed by atoms with van der Waals surface area (Å²) in [4.78, 5) is 0. The Kier molecular flexibility index (Phi) is 3.50. The van der Waals surface area contributed by atoms with Crippen LogP contribution in [0.3, 0.4) is 0 Å². The molecular weight excluding hydrogens is 268 g/mol. The van der Waals surface area contributed by atoms with E-state index in [9.17, 15) is 0 Å². The van der Waals surface area contributed by atoms with Gasteiger partial charge in [0.15, 0.2) is 7.38 Å². The van der Waals surface area contributed by atoms with Gasteiger partial charge in [0.2, 0.25) is 0 Å². The predicted octanol–water partition coefficient (Wildman–Crippen LogP) is 6.19. The van der Waals surface area contributed by atoms with Crippen molar-refractivity contribution in [1.82, 2.24) is 0 Å². The minimum Gasteiger partial charge on any atom is -0.167 e. The Labute approximate surface area is 124 Å². The van der Waals surface area contributed by atoms with Crippen LogP contribution in [0, 0.1) is 5.41 Å². The van der Waals surface area contributed by atoms with Gasteiger partial charge >= 0.3 is 0 Å². The number of hydrogen-bond acceptors (Lipinski definition) is 0. The summed E-state index contributed by atoms with van der Waals surface area (Å²) in [6, 6.07) is 0. The molecule has 3 rings (SSSR count). The number of hydrogen-bond donors (Lipinski definition) is 0. The van der Waals surface area contributed by atoms with Crippen molar-refractivity contribution in [3.8, 4) is 0 Å². The molecule has 0 nitrogen and oxygen atoms in total. The van der Waals surface area contributed by atoms with Gasteiger partial charge in [-0.15, -0.1) is 0 Å². The van der Waals surface area contributed by atoms with Crippen molar-refractivity contribution >= 4 is 18.5 Å². The molecule has 0 aliphatic heterocycles. The van der Waals surface area contributed by atoms with Gasteiger partial charge in [-0.3, -0.25) is 0 Å². The summed E-state index contributed by atoms with van der Waals surface area (Å²) in [5, 5.41) is 0. The summed E-state index contributed by atoms with van der Waals surface area (Å²) in [5.41, 5.74) is 6.27. The number of fused-ring (bicyclic) bond motifs is 1. The molecule has 0 N–H and O–H groups in total. The summed E-state index contributed by atoms with van der Waals surface area (Å²) in [5.74, 6) is 0. The Balaban J connectivity index is 2.02. The van der Waals surface area contributed by atoms with E-state index in [0.717, 1.165) is 0 Å². The molecule has 3 aliphatic carbocycles. The minimum atomic E-state index is -1.63. The Bertz CT molecular complexity index is 433. The van der Waals surface area contributed by atoms with Crippen LogP contribution >= 0.6 is 11.1 Å². The summed E-state index contributed by atoms with van der Waals surface area (Å²) in [7, 11) is -1.63. The Hall–Kier alpha value is -0.0131. The zero-order valence-corrected chi connectivity index (χ0v) is 14.4. The second kappa shape index (κ2) is 4.77. The molecule has 2 heteroatoms. The van der Waals surface area contributed by atoms with Gasteiger partial charge < -0.3 is 0 Å². The van der Waals surface area contributed by atoms with Gasteiger partial charge in [0, 0.05) is 5.54 Å². The second-order valence-corrected chi connectivity index (χ2v) is 14.1. The molecule has 0 aromatic heterocycles. The van der Waals surface area contributed by atoms with Crippen molar-refractivity contribution in [3.05, 3.63) is 22.8 Å². The lowest BCUT2D eigenvalue weighted by Crippen LogP contribution is -2.32. The maximum atomic E-state index is 6.85. The molecule has 1 atom stereocenters. The largest absolute Gasteiger partial charge is 0.167 e. The maximum Gasteiger partial charge on any atom is 0.161 e. The lowest BCUT2D eigenvalue weighted by Gasteiger charge is -2.43. The van der Waals surface area contributed by atoms with Crippen molar-refractivity contribution in [1.29, 1.82) is 0 Å². The standard InChI is InChI=1S/C17H27ClSi/c1-13-12-15-14(16(13)19(2,3)18)8-7-11-17(15)9-5-4-6-10-17/h12,16H,4-11H2,1-3H3. The van der Waals surface area contributed by atoms with Crippen LogP contribution in [-0.2, 0) is 0 Å². The van der Waals surface area contributed by atoms with Crippen LogP contribution in [0.5, 0.6) is 0 Å². The van der Waals surface area contributed by atoms with Gasteiger partial charge in [0.25, 0.3) is 0 Å². The van der Waals surface area contributed by atoms with Crippen molar-refractivity contribution < 1.29 is 0 Å². The quantitative estimate of drug-likeness (QED) is 0.399. The highest BCUT2D eigenvalue weighted by Gasteiger charge is 2.46. The fraction of sp³-hybridized carbons (Fsp3) is 0.765. The molecule has 1 fully saturated rings. The van der Waals surface area contributed by atoms with Crippen LogP contribution < -0.4 is 0 Å². The van der Waals surface area contributed by atoms with E-state index < -0.39 is 7.38 Å². The van der Waals surface area contributed by atoms with Gasteiger partial charge in [-0.1, -0.05) is 49.6 Å². The highest BCUT2D eigenvalue weighted by molar-refractivity contribution is 7.20. The third-order valence-electron chi connectivity index (χ3n) is 5.69. The average Bonchev–Trinajstić information content (AvgIpc) is 2.68. The molecule has 0 aromatic carbocycles. The smallest absolute Gasteiger partial charge is 0.161 e. The normalized spacial score (nSPS) is 30.5. The third-order valence-corrected chi connectivity index (χ3v) is 8.52. The van der Waals surface area contributed by atoms with E-state index in [1.165, 1.54) is 51.4 Å². The Morgan fingerprint density at radius 2 is 1.74 bits per heavy atom. The van der Waals surface area contributed by atoms with E-state index in [2.05, 4.69) is 26.1 Å². The molecule has 1 spiro atoms. The highest BCUT2D eigenvalue weighted by Crippen LogP contribution is 2.59. The summed E-state index contributed by atoms with van der Waals surface area (Å²) in [6.45, 7) is 6.99. The first kappa shape index (κ1) is 13.9. The van der Waals surface area contributed by atoms with E-state index in [1.54, 1.807) is 16.7 Å². The summed E-state index contributed by atoms with van der Waals surface area (Å²) < 4.78 is 0. The maximum absolute atomic E-state index is 6.85. The van der Waals surface area contributed by atoms with Crippen molar-refractivity contribution in [2.24, 2.45) is 5.41 Å². The summed E-state index contributed by atoms with van der Waals surface area (Å²) in [6.07, 6.45) is 13.9. The first-order chi connectivity index (χ1) is 8.94. The van der Waals surface area contributed by atoms with Crippen molar-refractivity contribution in [2.75, 3.05) is 0 Å². The van der Waals surface area contributed by atoms with Crippen LogP contribution in [0.4, 0.5) is 0 Å². The van der Waals surface area contributed by atoms with E-state index in [4.69, 9.17) is 11.1 Å². The highest BCUT2D eigenvalue weighted by atomic mass is 35.6. The molecule has 19 heavy (non-hydrogen) atoms. The molecular formula is C17H27ClSi. The summed E-state index contributed by atoms with van der Waals surface area (Å²) >= 11 is 6.85. The van der Waals surface area contributed by atoms with E-state index in [1.807, 2.05) is 0 Å². The molecule has 1 unspecified atom stereocenters. The van der Waals surface area contributed by atoms with Gasteiger partial charge in [-0.05, 0) is 50.0 Å². The van der Waals surface area contributed by atoms with Crippen LogP contribution in [-0.4, -0.2) is 7.38 Å². The minimum absolute atomic E-state index is 0.554. The van der Waals surface area contributed by atoms with Crippen molar-refractivity contribution in [3.63, 3.8) is 0 Å². The third kappa shape index (κ3) is 2.27. The molecule has 0 aromatic rings. The monoisotopic (exact) mass is 294 g/mol. The molecule has 0 amide bonds. The molecule has 0 saturated heterocycles. The van der Waals surface area contributed by atoms with Gasteiger partial charge in [0.1, 0.15) is 0 Å². The van der Waals surface area contributed by atoms with E-state index in [0.29, 0.717) is 11.0 Å². The molecule has 106 valence electrons. The van der Waals surface area contributed by atoms with E-state index >= 15 is 0 Å². The van der Waals surface area contributed by atoms with Crippen LogP contribution in [0.15, 0.2) is 22.8 Å². The van der Waals surface area contributed by atoms with Gasteiger partial charge in [-0.2, -0.15) is 11.1 Å². The zero-order valence-electron chi connectivity index (χ0n) is 12.7. The molecule has 3 aliphatic rings. The SMILES string of the molecule is CC1=CC2=C(CCCC23CCCCC3)C1[Si](C)(C)Cl. The number of allylic oxidation sites excluding steroid dienone is 4. The predicted molar refractivity (Wildman–Crippen MR) is 87.2 cm³/mol. The number of halogens is 1. The first-order valence-corrected chi connectivity index (χ1v) is 12.1. The average molecular weight is 295 g/mol. The first-order valence-electron chi connectivity index (χ1n) is 8.05. The van der Waals surface area contributed by atoms with Gasteiger partial charge in [-0.25, -0.2) is 0 Å². The van der Waals surface area contributed by atoms with E-state index in [-0.39, 0.29) is 0 Å². The molecule has 0 bridgehead atoms. The fourth-order valence-corrected chi connectivity index (χ4v) is 8.27. The molecule has 0 heterocycles. The number of rotatable bonds is 1. The van der Waals surface area contributed by atoms with Gasteiger partial charge in [0.05, 0.1) is 0 Å². The zero-order chi connectivity index (χ0) is 13.7.